The van der Waals surface area contributed by atoms with Crippen LogP contribution in [0, 0.1) is 11.6 Å². The van der Waals surface area contributed by atoms with Gasteiger partial charge in [0.1, 0.15) is 17.5 Å². The molecule has 2 rings (SSSR count). The first kappa shape index (κ1) is 16.9. The molecule has 0 amide bonds. The molecule has 0 fully saturated rings. The maximum atomic E-state index is 13.2. The molecule has 0 aromatic heterocycles. The molecule has 0 saturated heterocycles. The van der Waals surface area contributed by atoms with Crippen LogP contribution in [0.2, 0.25) is 0 Å². The Morgan fingerprint density at radius 2 is 1.91 bits per heavy atom. The van der Waals surface area contributed by atoms with E-state index in [4.69, 9.17) is 15.2 Å². The van der Waals surface area contributed by atoms with Gasteiger partial charge in [-0.2, -0.15) is 0 Å². The van der Waals surface area contributed by atoms with E-state index < -0.39 is 23.6 Å². The van der Waals surface area contributed by atoms with Crippen molar-refractivity contribution in [3.05, 3.63) is 59.7 Å². The second-order valence-electron chi connectivity index (χ2n) is 4.85. The molecule has 1 atom stereocenters. The molecule has 0 radical (unpaired) electrons. The van der Waals surface area contributed by atoms with Crippen LogP contribution in [-0.2, 0) is 16.0 Å². The van der Waals surface area contributed by atoms with Crippen molar-refractivity contribution in [1.82, 2.24) is 0 Å². The summed E-state index contributed by atoms with van der Waals surface area (Å²) in [4.78, 5) is 11.6. The number of carbonyl (C=O) groups excluding carboxylic acids is 1. The van der Waals surface area contributed by atoms with E-state index in [-0.39, 0.29) is 18.8 Å². The average molecular weight is 321 g/mol. The van der Waals surface area contributed by atoms with Crippen molar-refractivity contribution in [3.8, 4) is 11.5 Å². The summed E-state index contributed by atoms with van der Waals surface area (Å²) in [5.74, 6) is -1.88. The molecule has 0 aliphatic heterocycles. The highest BCUT2D eigenvalue weighted by Crippen LogP contribution is 2.27. The van der Waals surface area contributed by atoms with Gasteiger partial charge in [-0.1, -0.05) is 18.2 Å². The van der Waals surface area contributed by atoms with Crippen LogP contribution in [0.1, 0.15) is 12.5 Å². The number of nitrogens with two attached hydrogens (primary N) is 1. The number of para-hydroxylation sites is 1. The Hall–Kier alpha value is -2.47. The molecule has 6 heteroatoms. The highest BCUT2D eigenvalue weighted by atomic mass is 19.2. The van der Waals surface area contributed by atoms with Crippen LogP contribution in [0.15, 0.2) is 42.5 Å². The van der Waals surface area contributed by atoms with Gasteiger partial charge in [-0.05, 0) is 30.7 Å². The van der Waals surface area contributed by atoms with Crippen LogP contribution in [-0.4, -0.2) is 18.6 Å². The van der Waals surface area contributed by atoms with Crippen molar-refractivity contribution in [2.45, 2.75) is 19.4 Å². The third kappa shape index (κ3) is 4.50. The summed E-state index contributed by atoms with van der Waals surface area (Å²) in [6, 6.07) is 9.34. The third-order valence-corrected chi connectivity index (χ3v) is 3.12. The Labute approximate surface area is 132 Å². The van der Waals surface area contributed by atoms with Crippen LogP contribution >= 0.6 is 0 Å². The first-order valence-electron chi connectivity index (χ1n) is 7.14. The quantitative estimate of drug-likeness (QED) is 0.830. The molecule has 2 aromatic rings. The molecular weight excluding hydrogens is 304 g/mol. The molecule has 0 heterocycles. The summed E-state index contributed by atoms with van der Waals surface area (Å²) in [6.45, 7) is 1.95. The van der Waals surface area contributed by atoms with E-state index in [1.165, 1.54) is 6.07 Å². The second kappa shape index (κ2) is 7.69. The number of rotatable bonds is 6. The fourth-order valence-corrected chi connectivity index (χ4v) is 2.01. The van der Waals surface area contributed by atoms with Crippen LogP contribution in [0.5, 0.6) is 11.5 Å². The number of esters is 1. The van der Waals surface area contributed by atoms with Gasteiger partial charge in [-0.3, -0.25) is 4.79 Å². The smallest absolute Gasteiger partial charge is 0.323 e. The summed E-state index contributed by atoms with van der Waals surface area (Å²) in [6.07, 6.45) is 0.207. The highest BCUT2D eigenvalue weighted by Gasteiger charge is 2.17. The van der Waals surface area contributed by atoms with Gasteiger partial charge in [0.2, 0.25) is 0 Å². The van der Waals surface area contributed by atoms with E-state index >= 15 is 0 Å². The van der Waals surface area contributed by atoms with Crippen LogP contribution in [0.4, 0.5) is 8.78 Å². The number of ether oxygens (including phenoxy) is 2. The molecule has 0 spiro atoms. The van der Waals surface area contributed by atoms with Gasteiger partial charge in [0, 0.05) is 12.5 Å². The first-order valence-corrected chi connectivity index (χ1v) is 7.14. The Balaban J connectivity index is 2.16. The molecular formula is C17H17F2NO3. The SMILES string of the molecule is CCOC(=O)C(N)Cc1ccccc1Oc1ccc(F)c(F)c1. The van der Waals surface area contributed by atoms with Gasteiger partial charge in [0.25, 0.3) is 0 Å². The Kier molecular flexibility index (Phi) is 5.65. The molecule has 1 unspecified atom stereocenters. The van der Waals surface area contributed by atoms with Gasteiger partial charge < -0.3 is 15.2 Å². The summed E-state index contributed by atoms with van der Waals surface area (Å²) in [5.41, 5.74) is 6.47. The number of hydrogen-bond acceptors (Lipinski definition) is 4. The minimum Gasteiger partial charge on any atom is -0.465 e. The standard InChI is InChI=1S/C17H17F2NO3/c1-2-22-17(21)15(20)9-11-5-3-4-6-16(11)23-12-7-8-13(18)14(19)10-12/h3-8,10,15H,2,9,20H2,1H3. The molecule has 23 heavy (non-hydrogen) atoms. The zero-order chi connectivity index (χ0) is 16.8. The summed E-state index contributed by atoms with van der Waals surface area (Å²) in [5, 5.41) is 0. The zero-order valence-electron chi connectivity index (χ0n) is 12.6. The molecule has 122 valence electrons. The monoisotopic (exact) mass is 321 g/mol. The predicted molar refractivity (Wildman–Crippen MR) is 81.2 cm³/mol. The van der Waals surface area contributed by atoms with E-state index in [2.05, 4.69) is 0 Å². The van der Waals surface area contributed by atoms with Gasteiger partial charge in [-0.15, -0.1) is 0 Å². The number of benzene rings is 2. The number of hydrogen-bond donors (Lipinski definition) is 1. The topological polar surface area (TPSA) is 61.5 Å². The lowest BCUT2D eigenvalue weighted by Gasteiger charge is -2.14. The zero-order valence-corrected chi connectivity index (χ0v) is 12.6. The van der Waals surface area contributed by atoms with Crippen molar-refractivity contribution < 1.29 is 23.0 Å². The lowest BCUT2D eigenvalue weighted by Crippen LogP contribution is -2.34. The molecule has 0 aliphatic rings. The predicted octanol–water partition coefficient (Wildman–Crippen LogP) is 3.19. The average Bonchev–Trinajstić information content (AvgIpc) is 2.53. The lowest BCUT2D eigenvalue weighted by molar-refractivity contribution is -0.144. The lowest BCUT2D eigenvalue weighted by atomic mass is 10.1. The fraction of sp³-hybridized carbons (Fsp3) is 0.235. The van der Waals surface area contributed by atoms with Crippen LogP contribution in [0.3, 0.4) is 0 Å². The van der Waals surface area contributed by atoms with Crippen molar-refractivity contribution in [1.29, 1.82) is 0 Å². The van der Waals surface area contributed by atoms with Crippen molar-refractivity contribution in [3.63, 3.8) is 0 Å². The van der Waals surface area contributed by atoms with E-state index in [1.54, 1.807) is 31.2 Å². The van der Waals surface area contributed by atoms with Crippen molar-refractivity contribution >= 4 is 5.97 Å². The number of halogens is 2. The molecule has 4 nitrogen and oxygen atoms in total. The molecule has 2 N–H and O–H groups in total. The van der Waals surface area contributed by atoms with E-state index in [0.717, 1.165) is 12.1 Å². The second-order valence-corrected chi connectivity index (χ2v) is 4.85. The van der Waals surface area contributed by atoms with E-state index in [0.29, 0.717) is 11.3 Å². The normalized spacial score (nSPS) is 11.8. The van der Waals surface area contributed by atoms with Gasteiger partial charge in [0.15, 0.2) is 11.6 Å². The third-order valence-electron chi connectivity index (χ3n) is 3.12. The van der Waals surface area contributed by atoms with Gasteiger partial charge >= 0.3 is 5.97 Å². The van der Waals surface area contributed by atoms with Crippen LogP contribution in [0.25, 0.3) is 0 Å². The minimum atomic E-state index is -0.997. The molecule has 2 aromatic carbocycles. The molecule has 0 aliphatic carbocycles. The Bertz CT molecular complexity index is 691. The van der Waals surface area contributed by atoms with Crippen LogP contribution < -0.4 is 10.5 Å². The van der Waals surface area contributed by atoms with Gasteiger partial charge in [0.05, 0.1) is 6.61 Å². The Morgan fingerprint density at radius 1 is 1.17 bits per heavy atom. The first-order chi connectivity index (χ1) is 11.0. The largest absolute Gasteiger partial charge is 0.465 e. The Morgan fingerprint density at radius 3 is 2.61 bits per heavy atom. The molecule has 0 bridgehead atoms. The van der Waals surface area contributed by atoms with Crippen molar-refractivity contribution in [2.75, 3.05) is 6.61 Å². The maximum absolute atomic E-state index is 13.2. The molecule has 0 saturated carbocycles. The van der Waals surface area contributed by atoms with Crippen molar-refractivity contribution in [2.24, 2.45) is 5.73 Å². The minimum absolute atomic E-state index is 0.154. The summed E-state index contributed by atoms with van der Waals surface area (Å²) >= 11 is 0. The summed E-state index contributed by atoms with van der Waals surface area (Å²) in [7, 11) is 0. The van der Waals surface area contributed by atoms with Gasteiger partial charge in [-0.25, -0.2) is 8.78 Å². The fourth-order valence-electron chi connectivity index (χ4n) is 2.01. The highest BCUT2D eigenvalue weighted by molar-refractivity contribution is 5.76. The van der Waals surface area contributed by atoms with E-state index in [9.17, 15) is 13.6 Å². The maximum Gasteiger partial charge on any atom is 0.323 e. The number of carbonyl (C=O) groups is 1. The van der Waals surface area contributed by atoms with E-state index in [1.807, 2.05) is 0 Å². The summed E-state index contributed by atoms with van der Waals surface area (Å²) < 4.78 is 36.6.